The monoisotopic (exact) mass is 367 g/mol. The first-order valence-electron chi connectivity index (χ1n) is 8.19. The van der Waals surface area contributed by atoms with Crippen LogP contribution in [0, 0.1) is 11.8 Å². The van der Waals surface area contributed by atoms with Crippen LogP contribution in [0.3, 0.4) is 0 Å². The fourth-order valence-corrected chi connectivity index (χ4v) is 4.57. The number of fused-ring (bicyclic) bond motifs is 1. The first-order valence-corrected chi connectivity index (χ1v) is 10.5. The zero-order valence-corrected chi connectivity index (χ0v) is 15.2. The third-order valence-electron chi connectivity index (χ3n) is 4.75. The van der Waals surface area contributed by atoms with Crippen molar-refractivity contribution in [2.24, 2.45) is 11.8 Å². The summed E-state index contributed by atoms with van der Waals surface area (Å²) in [5.41, 5.74) is 0. The lowest BCUT2D eigenvalue weighted by molar-refractivity contribution is -0.146. The largest absolute Gasteiger partial charge is 0.300 e. The van der Waals surface area contributed by atoms with Crippen LogP contribution in [0.5, 0.6) is 0 Å². The van der Waals surface area contributed by atoms with Crippen LogP contribution in [0.1, 0.15) is 32.1 Å². The molecular formula is C16H21N3O3S2. The molecule has 3 rings (SSSR count). The summed E-state index contributed by atoms with van der Waals surface area (Å²) in [6.45, 7) is 0. The van der Waals surface area contributed by atoms with E-state index in [1.165, 1.54) is 16.2 Å². The number of aromatic nitrogens is 1. The first kappa shape index (κ1) is 17.4. The lowest BCUT2D eigenvalue weighted by atomic mass is 9.81. The van der Waals surface area contributed by atoms with Crippen LogP contribution in [0.25, 0.3) is 0 Å². The van der Waals surface area contributed by atoms with Crippen molar-refractivity contribution >= 4 is 46.0 Å². The highest BCUT2D eigenvalue weighted by atomic mass is 32.2. The third kappa shape index (κ3) is 3.35. The second-order valence-corrected chi connectivity index (χ2v) is 8.05. The molecule has 0 spiro atoms. The highest BCUT2D eigenvalue weighted by Gasteiger charge is 2.51. The number of anilines is 1. The molecule has 24 heavy (non-hydrogen) atoms. The fourth-order valence-electron chi connectivity index (χ4n) is 3.58. The molecule has 2 fully saturated rings. The van der Waals surface area contributed by atoms with Crippen LogP contribution in [0.4, 0.5) is 5.13 Å². The molecule has 3 amide bonds. The second kappa shape index (κ2) is 7.65. The summed E-state index contributed by atoms with van der Waals surface area (Å²) < 4.78 is 0. The Labute approximate surface area is 149 Å². The van der Waals surface area contributed by atoms with Crippen LogP contribution in [0.2, 0.25) is 0 Å². The Morgan fingerprint density at radius 2 is 2.04 bits per heavy atom. The van der Waals surface area contributed by atoms with E-state index in [9.17, 15) is 14.4 Å². The maximum absolute atomic E-state index is 12.8. The van der Waals surface area contributed by atoms with Crippen molar-refractivity contribution in [3.05, 3.63) is 11.6 Å². The zero-order valence-electron chi connectivity index (χ0n) is 13.6. The van der Waals surface area contributed by atoms with Crippen molar-refractivity contribution in [3.8, 4) is 0 Å². The predicted molar refractivity (Wildman–Crippen MR) is 94.8 cm³/mol. The van der Waals surface area contributed by atoms with Crippen LogP contribution < -0.4 is 5.32 Å². The number of carbonyl (C=O) groups excluding carboxylic acids is 3. The number of imide groups is 1. The molecule has 0 radical (unpaired) electrons. The van der Waals surface area contributed by atoms with E-state index in [4.69, 9.17) is 0 Å². The molecule has 1 saturated heterocycles. The summed E-state index contributed by atoms with van der Waals surface area (Å²) in [5, 5.41) is 5.01. The SMILES string of the molecule is CSCC[C@H](C(=O)Nc1nccs1)N1C(=O)[C@H]2CCCC[C@@H]2C1=O. The van der Waals surface area contributed by atoms with Gasteiger partial charge in [0.25, 0.3) is 0 Å². The average Bonchev–Trinajstić information content (AvgIpc) is 3.18. The van der Waals surface area contributed by atoms with Crippen LogP contribution >= 0.6 is 23.1 Å². The van der Waals surface area contributed by atoms with Gasteiger partial charge in [-0.3, -0.25) is 19.3 Å². The third-order valence-corrected chi connectivity index (χ3v) is 6.08. The zero-order chi connectivity index (χ0) is 17.1. The van der Waals surface area contributed by atoms with E-state index in [0.717, 1.165) is 25.7 Å². The minimum Gasteiger partial charge on any atom is -0.300 e. The molecule has 0 unspecified atom stereocenters. The molecule has 1 aliphatic heterocycles. The topological polar surface area (TPSA) is 79.4 Å². The van der Waals surface area contributed by atoms with Gasteiger partial charge in [0.15, 0.2) is 5.13 Å². The number of thiazole rings is 1. The smallest absolute Gasteiger partial charge is 0.249 e. The minimum atomic E-state index is -0.744. The Kier molecular flexibility index (Phi) is 5.55. The maximum Gasteiger partial charge on any atom is 0.249 e. The molecule has 8 heteroatoms. The van der Waals surface area contributed by atoms with Gasteiger partial charge in [-0.2, -0.15) is 11.8 Å². The molecule has 3 atom stereocenters. The number of hydrogen-bond acceptors (Lipinski definition) is 6. The summed E-state index contributed by atoms with van der Waals surface area (Å²) in [5.74, 6) is -0.386. The Balaban J connectivity index is 1.80. The summed E-state index contributed by atoms with van der Waals surface area (Å²) >= 11 is 2.92. The molecule has 6 nitrogen and oxygen atoms in total. The van der Waals surface area contributed by atoms with Crippen molar-refractivity contribution in [1.29, 1.82) is 0 Å². The van der Waals surface area contributed by atoms with E-state index in [1.54, 1.807) is 23.3 Å². The highest BCUT2D eigenvalue weighted by molar-refractivity contribution is 7.98. The number of thioether (sulfide) groups is 1. The van der Waals surface area contributed by atoms with Gasteiger partial charge in [-0.25, -0.2) is 4.98 Å². The van der Waals surface area contributed by atoms with Gasteiger partial charge in [0.1, 0.15) is 6.04 Å². The summed E-state index contributed by atoms with van der Waals surface area (Å²) in [6, 6.07) is -0.744. The van der Waals surface area contributed by atoms with Crippen molar-refractivity contribution < 1.29 is 14.4 Å². The van der Waals surface area contributed by atoms with Gasteiger partial charge in [-0.1, -0.05) is 12.8 Å². The van der Waals surface area contributed by atoms with Crippen molar-refractivity contribution in [2.75, 3.05) is 17.3 Å². The van der Waals surface area contributed by atoms with Gasteiger partial charge < -0.3 is 5.32 Å². The molecule has 2 heterocycles. The fraction of sp³-hybridized carbons (Fsp3) is 0.625. The number of nitrogens with zero attached hydrogens (tertiary/aromatic N) is 2. The number of rotatable bonds is 6. The van der Waals surface area contributed by atoms with E-state index >= 15 is 0 Å². The van der Waals surface area contributed by atoms with Gasteiger partial charge in [0, 0.05) is 11.6 Å². The van der Waals surface area contributed by atoms with E-state index in [0.29, 0.717) is 17.3 Å². The quantitative estimate of drug-likeness (QED) is 0.781. The van der Waals surface area contributed by atoms with Gasteiger partial charge in [-0.15, -0.1) is 11.3 Å². The van der Waals surface area contributed by atoms with E-state index < -0.39 is 6.04 Å². The van der Waals surface area contributed by atoms with Crippen LogP contribution in [0.15, 0.2) is 11.6 Å². The number of hydrogen-bond donors (Lipinski definition) is 1. The Hall–Kier alpha value is -1.41. The average molecular weight is 367 g/mol. The molecule has 1 saturated carbocycles. The molecule has 1 N–H and O–H groups in total. The molecule has 1 aromatic heterocycles. The molecule has 2 aliphatic rings. The lowest BCUT2D eigenvalue weighted by Gasteiger charge is -2.25. The number of carbonyl (C=O) groups is 3. The molecule has 130 valence electrons. The van der Waals surface area contributed by atoms with Gasteiger partial charge >= 0.3 is 0 Å². The van der Waals surface area contributed by atoms with Crippen LogP contribution in [-0.4, -0.2) is 45.7 Å². The molecule has 0 aromatic carbocycles. The minimum absolute atomic E-state index is 0.162. The number of nitrogens with one attached hydrogen (secondary N) is 1. The van der Waals surface area contributed by atoms with Gasteiger partial charge in [-0.05, 0) is 31.3 Å². The summed E-state index contributed by atoms with van der Waals surface area (Å²) in [4.78, 5) is 43.5. The molecule has 0 bridgehead atoms. The highest BCUT2D eigenvalue weighted by Crippen LogP contribution is 2.39. The predicted octanol–water partition coefficient (Wildman–Crippen LogP) is 2.38. The maximum atomic E-state index is 12.8. The summed E-state index contributed by atoms with van der Waals surface area (Å²) in [7, 11) is 0. The van der Waals surface area contributed by atoms with Crippen molar-refractivity contribution in [2.45, 2.75) is 38.1 Å². The number of amides is 3. The Morgan fingerprint density at radius 3 is 2.58 bits per heavy atom. The van der Waals surface area contributed by atoms with E-state index in [2.05, 4.69) is 10.3 Å². The molecule has 1 aromatic rings. The van der Waals surface area contributed by atoms with Crippen molar-refractivity contribution in [1.82, 2.24) is 9.88 Å². The van der Waals surface area contributed by atoms with Gasteiger partial charge in [0.2, 0.25) is 17.7 Å². The standard InChI is InChI=1S/C16H21N3O3S2/c1-23-8-6-12(13(20)18-16-17-7-9-24-16)19-14(21)10-4-2-3-5-11(10)15(19)22/h7,9-12H,2-6,8H2,1H3,(H,17,18,20)/t10-,11-,12+/m0/s1. The normalized spacial score (nSPS) is 24.8. The summed E-state index contributed by atoms with van der Waals surface area (Å²) in [6.07, 6.45) is 7.50. The van der Waals surface area contributed by atoms with Gasteiger partial charge in [0.05, 0.1) is 11.8 Å². The Morgan fingerprint density at radius 1 is 1.38 bits per heavy atom. The Bertz CT molecular complexity index is 596. The van der Waals surface area contributed by atoms with E-state index in [-0.39, 0.29) is 29.6 Å². The van der Waals surface area contributed by atoms with E-state index in [1.807, 2.05) is 6.26 Å². The van der Waals surface area contributed by atoms with Crippen molar-refractivity contribution in [3.63, 3.8) is 0 Å². The number of likely N-dealkylation sites (tertiary alicyclic amines) is 1. The lowest BCUT2D eigenvalue weighted by Crippen LogP contribution is -2.48. The molecule has 1 aliphatic carbocycles. The first-order chi connectivity index (χ1) is 11.6. The molecular weight excluding hydrogens is 346 g/mol. The second-order valence-electron chi connectivity index (χ2n) is 6.17. The van der Waals surface area contributed by atoms with Crippen LogP contribution in [-0.2, 0) is 14.4 Å².